The average molecular weight is 265 g/mol. The maximum atomic E-state index is 4.69. The molecule has 2 aliphatic rings. The highest BCUT2D eigenvalue weighted by Crippen LogP contribution is 2.32. The fraction of sp³-hybridized carbons (Fsp3) is 0.786. The van der Waals surface area contributed by atoms with Crippen LogP contribution in [0, 0.1) is 6.92 Å². The predicted octanol–water partition coefficient (Wildman–Crippen LogP) is 3.61. The van der Waals surface area contributed by atoms with E-state index in [1.807, 2.05) is 0 Å². The Hall–Kier alpha value is -0.640. The quantitative estimate of drug-likeness (QED) is 0.905. The molecule has 0 radical (unpaired) electrons. The Morgan fingerprint density at radius 1 is 1.28 bits per heavy atom. The maximum absolute atomic E-state index is 4.69. The molecule has 1 saturated heterocycles. The predicted molar refractivity (Wildman–Crippen MR) is 78.4 cm³/mol. The summed E-state index contributed by atoms with van der Waals surface area (Å²) in [6, 6.07) is 1.30. The first-order valence-corrected chi connectivity index (χ1v) is 8.38. The fourth-order valence-electron chi connectivity index (χ4n) is 3.12. The Labute approximate surface area is 114 Å². The van der Waals surface area contributed by atoms with Gasteiger partial charge in [-0.05, 0) is 38.4 Å². The molecule has 1 aromatic rings. The van der Waals surface area contributed by atoms with Gasteiger partial charge >= 0.3 is 0 Å². The first-order valence-electron chi connectivity index (χ1n) is 7.22. The highest BCUT2D eigenvalue weighted by atomic mass is 32.2. The summed E-state index contributed by atoms with van der Waals surface area (Å²) in [4.78, 5) is 4.69. The Morgan fingerprint density at radius 2 is 2.11 bits per heavy atom. The van der Waals surface area contributed by atoms with Gasteiger partial charge < -0.3 is 9.88 Å². The summed E-state index contributed by atoms with van der Waals surface area (Å²) in [7, 11) is 0. The highest BCUT2D eigenvalue weighted by molar-refractivity contribution is 7.99. The molecule has 18 heavy (non-hydrogen) atoms. The Morgan fingerprint density at radius 3 is 2.83 bits per heavy atom. The second kappa shape index (κ2) is 5.55. The molecule has 2 heterocycles. The van der Waals surface area contributed by atoms with Gasteiger partial charge in [0.05, 0.1) is 5.69 Å². The third-order valence-corrected chi connectivity index (χ3v) is 5.28. The number of nitrogens with one attached hydrogen (secondary N) is 1. The van der Waals surface area contributed by atoms with Gasteiger partial charge in [-0.1, -0.05) is 12.8 Å². The first-order chi connectivity index (χ1) is 8.83. The van der Waals surface area contributed by atoms with Crippen molar-refractivity contribution < 1.29 is 0 Å². The Kier molecular flexibility index (Phi) is 3.83. The van der Waals surface area contributed by atoms with Crippen LogP contribution in [0.1, 0.15) is 50.3 Å². The van der Waals surface area contributed by atoms with Gasteiger partial charge in [-0.3, -0.25) is 0 Å². The van der Waals surface area contributed by atoms with Crippen molar-refractivity contribution in [3.05, 3.63) is 11.9 Å². The summed E-state index contributed by atoms with van der Waals surface area (Å²) in [5.41, 5.74) is 1.15. The maximum Gasteiger partial charge on any atom is 0.203 e. The second-order valence-corrected chi connectivity index (χ2v) is 6.76. The van der Waals surface area contributed by atoms with Gasteiger partial charge in [0.2, 0.25) is 5.95 Å². The minimum atomic E-state index is 0.616. The number of hydrogen-bond acceptors (Lipinski definition) is 3. The van der Waals surface area contributed by atoms with E-state index in [1.165, 1.54) is 50.0 Å². The minimum absolute atomic E-state index is 0.616. The van der Waals surface area contributed by atoms with E-state index in [0.29, 0.717) is 12.1 Å². The largest absolute Gasteiger partial charge is 0.352 e. The number of anilines is 1. The number of imidazole rings is 1. The molecule has 3 rings (SSSR count). The van der Waals surface area contributed by atoms with E-state index >= 15 is 0 Å². The van der Waals surface area contributed by atoms with Crippen LogP contribution in [-0.4, -0.2) is 27.1 Å². The third-order valence-electron chi connectivity index (χ3n) is 4.06. The highest BCUT2D eigenvalue weighted by Gasteiger charge is 2.22. The second-order valence-electron chi connectivity index (χ2n) is 5.61. The Balaban J connectivity index is 1.73. The van der Waals surface area contributed by atoms with E-state index in [4.69, 9.17) is 4.98 Å². The summed E-state index contributed by atoms with van der Waals surface area (Å²) < 4.78 is 2.40. The number of thioether (sulfide) groups is 1. The molecule has 1 unspecified atom stereocenters. The zero-order valence-corrected chi connectivity index (χ0v) is 12.0. The molecule has 2 fully saturated rings. The summed E-state index contributed by atoms with van der Waals surface area (Å²) in [6.45, 7) is 2.10. The molecule has 1 aliphatic carbocycles. The molecule has 1 aromatic heterocycles. The van der Waals surface area contributed by atoms with Crippen molar-refractivity contribution in [3.63, 3.8) is 0 Å². The van der Waals surface area contributed by atoms with Crippen LogP contribution >= 0.6 is 11.8 Å². The number of rotatable bonds is 3. The van der Waals surface area contributed by atoms with Crippen LogP contribution in [0.5, 0.6) is 0 Å². The van der Waals surface area contributed by atoms with Crippen LogP contribution in [0.15, 0.2) is 6.20 Å². The van der Waals surface area contributed by atoms with Crippen LogP contribution in [-0.2, 0) is 0 Å². The normalized spacial score (nSPS) is 25.5. The van der Waals surface area contributed by atoms with Gasteiger partial charge in [0.15, 0.2) is 0 Å². The molecule has 1 aliphatic heterocycles. The number of hydrogen-bond donors (Lipinski definition) is 1. The molecule has 100 valence electrons. The number of nitrogens with zero attached hydrogens (tertiary/aromatic N) is 2. The van der Waals surface area contributed by atoms with Gasteiger partial charge in [-0.25, -0.2) is 4.98 Å². The van der Waals surface area contributed by atoms with Crippen molar-refractivity contribution >= 4 is 17.7 Å². The Bertz CT molecular complexity index is 390. The standard InChI is InChI=1S/C14H23N3S/c1-11-9-17(13-6-2-3-7-13)14(15-11)16-12-5-4-8-18-10-12/h9,12-13H,2-8,10H2,1H3,(H,15,16). The zero-order valence-electron chi connectivity index (χ0n) is 11.2. The van der Waals surface area contributed by atoms with Crippen molar-refractivity contribution in [3.8, 4) is 0 Å². The fourth-order valence-corrected chi connectivity index (χ4v) is 4.19. The topological polar surface area (TPSA) is 29.9 Å². The summed E-state index contributed by atoms with van der Waals surface area (Å²) in [5, 5.41) is 3.68. The lowest BCUT2D eigenvalue weighted by atomic mass is 10.2. The number of aryl methyl sites for hydroxylation is 1. The summed E-state index contributed by atoms with van der Waals surface area (Å²) in [5.74, 6) is 3.68. The van der Waals surface area contributed by atoms with Gasteiger partial charge in [-0.15, -0.1) is 0 Å². The monoisotopic (exact) mass is 265 g/mol. The van der Waals surface area contributed by atoms with Gasteiger partial charge in [0, 0.05) is 24.0 Å². The van der Waals surface area contributed by atoms with Gasteiger partial charge in [-0.2, -0.15) is 11.8 Å². The van der Waals surface area contributed by atoms with Crippen LogP contribution in [0.3, 0.4) is 0 Å². The molecule has 0 aromatic carbocycles. The minimum Gasteiger partial charge on any atom is -0.352 e. The van der Waals surface area contributed by atoms with Crippen molar-refractivity contribution in [2.24, 2.45) is 0 Å². The van der Waals surface area contributed by atoms with Crippen LogP contribution in [0.4, 0.5) is 5.95 Å². The van der Waals surface area contributed by atoms with Gasteiger partial charge in [0.1, 0.15) is 0 Å². The van der Waals surface area contributed by atoms with Crippen molar-refractivity contribution in [1.29, 1.82) is 0 Å². The van der Waals surface area contributed by atoms with Crippen molar-refractivity contribution in [1.82, 2.24) is 9.55 Å². The van der Waals surface area contributed by atoms with Crippen LogP contribution < -0.4 is 5.32 Å². The van der Waals surface area contributed by atoms with E-state index in [2.05, 4.69) is 34.8 Å². The molecule has 0 spiro atoms. The first kappa shape index (κ1) is 12.4. The lowest BCUT2D eigenvalue weighted by Gasteiger charge is -2.24. The molecule has 1 atom stereocenters. The van der Waals surface area contributed by atoms with Gasteiger partial charge in [0.25, 0.3) is 0 Å². The molecule has 1 saturated carbocycles. The lowest BCUT2D eigenvalue weighted by Crippen LogP contribution is -2.27. The number of aromatic nitrogens is 2. The zero-order chi connectivity index (χ0) is 12.4. The lowest BCUT2D eigenvalue weighted by molar-refractivity contribution is 0.518. The van der Waals surface area contributed by atoms with E-state index in [-0.39, 0.29) is 0 Å². The van der Waals surface area contributed by atoms with E-state index in [1.54, 1.807) is 0 Å². The van der Waals surface area contributed by atoms with E-state index in [0.717, 1.165) is 11.6 Å². The smallest absolute Gasteiger partial charge is 0.203 e. The SMILES string of the molecule is Cc1cn(C2CCCC2)c(NC2CCCSC2)n1. The average Bonchev–Trinajstić information content (AvgIpc) is 3.00. The van der Waals surface area contributed by atoms with Crippen LogP contribution in [0.2, 0.25) is 0 Å². The molecule has 1 N–H and O–H groups in total. The summed E-state index contributed by atoms with van der Waals surface area (Å²) >= 11 is 2.07. The summed E-state index contributed by atoms with van der Waals surface area (Å²) in [6.07, 6.45) is 10.3. The molecule has 0 amide bonds. The van der Waals surface area contributed by atoms with E-state index < -0.39 is 0 Å². The third kappa shape index (κ3) is 2.68. The molecule has 0 bridgehead atoms. The van der Waals surface area contributed by atoms with Crippen molar-refractivity contribution in [2.75, 3.05) is 16.8 Å². The molecular formula is C14H23N3S. The van der Waals surface area contributed by atoms with Crippen LogP contribution in [0.25, 0.3) is 0 Å². The van der Waals surface area contributed by atoms with Crippen molar-refractivity contribution in [2.45, 2.75) is 57.5 Å². The molecular weight excluding hydrogens is 242 g/mol. The molecule has 4 heteroatoms. The van der Waals surface area contributed by atoms with E-state index in [9.17, 15) is 0 Å². The molecule has 3 nitrogen and oxygen atoms in total.